The van der Waals surface area contributed by atoms with Crippen molar-refractivity contribution in [2.45, 2.75) is 20.0 Å². The fourth-order valence-electron chi connectivity index (χ4n) is 2.10. The molecule has 0 saturated heterocycles. The Kier molecular flexibility index (Phi) is 5.85. The fourth-order valence-corrected chi connectivity index (χ4v) is 2.42. The summed E-state index contributed by atoms with van der Waals surface area (Å²) in [6.07, 6.45) is -0.308. The minimum absolute atomic E-state index is 0.308. The van der Waals surface area contributed by atoms with Gasteiger partial charge in [0.1, 0.15) is 17.6 Å². The summed E-state index contributed by atoms with van der Waals surface area (Å²) in [6.45, 7) is 2.71. The number of hydrogen-bond acceptors (Lipinski definition) is 5. The van der Waals surface area contributed by atoms with Gasteiger partial charge in [-0.25, -0.2) is 0 Å². The predicted octanol–water partition coefficient (Wildman–Crippen LogP) is 3.43. The molecule has 5 nitrogen and oxygen atoms in total. The van der Waals surface area contributed by atoms with Gasteiger partial charge in [0.25, 0.3) is 0 Å². The van der Waals surface area contributed by atoms with Crippen LogP contribution in [0.3, 0.4) is 0 Å². The average molecular weight is 332 g/mol. The van der Waals surface area contributed by atoms with Crippen LogP contribution in [0.2, 0.25) is 0 Å². The van der Waals surface area contributed by atoms with Gasteiger partial charge in [0.2, 0.25) is 0 Å². The van der Waals surface area contributed by atoms with Crippen molar-refractivity contribution in [3.8, 4) is 11.5 Å². The second-order valence-electron chi connectivity index (χ2n) is 4.84. The number of ether oxygens (including phenoxy) is 2. The van der Waals surface area contributed by atoms with Crippen molar-refractivity contribution in [2.24, 2.45) is 0 Å². The number of carbonyl (C=O) groups is 2. The molecule has 0 radical (unpaired) electrons. The van der Waals surface area contributed by atoms with Crippen LogP contribution in [0.4, 0.5) is 0 Å². The van der Waals surface area contributed by atoms with Crippen LogP contribution >= 0.6 is 9.47 Å². The van der Waals surface area contributed by atoms with Crippen LogP contribution in [0.25, 0.3) is 0 Å². The summed E-state index contributed by atoms with van der Waals surface area (Å²) in [5.41, 5.74) is 1.80. The van der Waals surface area contributed by atoms with E-state index in [0.717, 1.165) is 11.1 Å². The van der Waals surface area contributed by atoms with Gasteiger partial charge in [-0.3, -0.25) is 9.59 Å². The molecule has 0 heterocycles. The van der Waals surface area contributed by atoms with Crippen LogP contribution in [0.5, 0.6) is 11.5 Å². The van der Waals surface area contributed by atoms with Gasteiger partial charge >= 0.3 is 11.9 Å². The Morgan fingerprint density at radius 3 is 1.39 bits per heavy atom. The van der Waals surface area contributed by atoms with E-state index in [-0.39, 0.29) is 18.0 Å². The Morgan fingerprint density at radius 2 is 1.13 bits per heavy atom. The van der Waals surface area contributed by atoms with Gasteiger partial charge in [-0.1, -0.05) is 24.3 Å². The standard InChI is InChI=1S/C17H17O5P/c1-11(18)20-15-7-3-13(4-8-15)17(22-23)14-5-9-16(10-6-14)21-12(2)19/h3-10,17H,23H2,1-2H3. The molecule has 0 N–H and O–H groups in total. The molecule has 0 bridgehead atoms. The molecule has 120 valence electrons. The molecular weight excluding hydrogens is 315 g/mol. The zero-order valence-electron chi connectivity index (χ0n) is 12.8. The first kappa shape index (κ1) is 17.1. The number of hydrogen-bond donors (Lipinski definition) is 0. The Morgan fingerprint density at radius 1 is 0.783 bits per heavy atom. The minimum atomic E-state index is -0.363. The number of rotatable bonds is 5. The summed E-state index contributed by atoms with van der Waals surface area (Å²) in [7, 11) is 2.25. The van der Waals surface area contributed by atoms with Gasteiger partial charge in [0.05, 0.1) is 0 Å². The molecule has 0 saturated carbocycles. The summed E-state index contributed by atoms with van der Waals surface area (Å²) in [6, 6.07) is 14.1. The van der Waals surface area contributed by atoms with Gasteiger partial charge in [-0.05, 0) is 35.4 Å². The molecule has 2 aromatic rings. The first-order valence-electron chi connectivity index (χ1n) is 6.92. The average Bonchev–Trinajstić information content (AvgIpc) is 2.50. The highest BCUT2D eigenvalue weighted by Gasteiger charge is 2.14. The van der Waals surface area contributed by atoms with Crippen LogP contribution in [0.15, 0.2) is 48.5 Å². The smallest absolute Gasteiger partial charge is 0.308 e. The highest BCUT2D eigenvalue weighted by Crippen LogP contribution is 2.30. The Bertz CT molecular complexity index is 620. The first-order valence-corrected chi connectivity index (χ1v) is 7.39. The number of carbonyl (C=O) groups excluding carboxylic acids is 2. The van der Waals surface area contributed by atoms with Gasteiger partial charge in [-0.2, -0.15) is 0 Å². The van der Waals surface area contributed by atoms with E-state index in [1.165, 1.54) is 13.8 Å². The molecule has 1 atom stereocenters. The highest BCUT2D eigenvalue weighted by atomic mass is 31.0. The molecule has 0 aromatic heterocycles. The van der Waals surface area contributed by atoms with Crippen molar-refractivity contribution in [3.63, 3.8) is 0 Å². The van der Waals surface area contributed by atoms with E-state index < -0.39 is 0 Å². The molecule has 2 aromatic carbocycles. The van der Waals surface area contributed by atoms with Crippen LogP contribution in [0, 0.1) is 0 Å². The molecule has 0 fully saturated rings. The van der Waals surface area contributed by atoms with Crippen LogP contribution in [0.1, 0.15) is 31.1 Å². The first-order chi connectivity index (χ1) is 11.0. The van der Waals surface area contributed by atoms with Crippen LogP contribution in [-0.2, 0) is 14.1 Å². The zero-order valence-corrected chi connectivity index (χ0v) is 14.0. The quantitative estimate of drug-likeness (QED) is 0.477. The molecule has 1 unspecified atom stereocenters. The molecule has 23 heavy (non-hydrogen) atoms. The van der Waals surface area contributed by atoms with Crippen molar-refractivity contribution in [2.75, 3.05) is 0 Å². The lowest BCUT2D eigenvalue weighted by Gasteiger charge is -2.16. The lowest BCUT2D eigenvalue weighted by Crippen LogP contribution is -2.04. The summed E-state index contributed by atoms with van der Waals surface area (Å²) in [5.74, 6) is 0.234. The maximum absolute atomic E-state index is 10.9. The number of esters is 2. The van der Waals surface area contributed by atoms with Gasteiger partial charge < -0.3 is 14.0 Å². The van der Waals surface area contributed by atoms with Crippen molar-refractivity contribution in [1.82, 2.24) is 0 Å². The third-order valence-corrected chi connectivity index (χ3v) is 3.30. The summed E-state index contributed by atoms with van der Waals surface area (Å²) < 4.78 is 15.5. The topological polar surface area (TPSA) is 61.8 Å². The SMILES string of the molecule is CC(=O)Oc1ccc(C(OP)c2ccc(OC(C)=O)cc2)cc1. The fraction of sp³-hybridized carbons (Fsp3) is 0.176. The highest BCUT2D eigenvalue weighted by molar-refractivity contribution is 7.09. The van der Waals surface area contributed by atoms with Crippen LogP contribution in [-0.4, -0.2) is 11.9 Å². The lowest BCUT2D eigenvalue weighted by atomic mass is 10.0. The monoisotopic (exact) mass is 332 g/mol. The van der Waals surface area contributed by atoms with Gasteiger partial charge in [0.15, 0.2) is 0 Å². The lowest BCUT2D eigenvalue weighted by molar-refractivity contribution is -0.132. The van der Waals surface area contributed by atoms with Crippen LogP contribution < -0.4 is 9.47 Å². The number of benzene rings is 2. The Balaban J connectivity index is 2.18. The van der Waals surface area contributed by atoms with E-state index in [9.17, 15) is 9.59 Å². The molecule has 0 aliphatic rings. The normalized spacial score (nSPS) is 10.4. The third-order valence-electron chi connectivity index (χ3n) is 3.02. The maximum Gasteiger partial charge on any atom is 0.308 e. The van der Waals surface area contributed by atoms with E-state index in [4.69, 9.17) is 14.0 Å². The predicted molar refractivity (Wildman–Crippen MR) is 88.1 cm³/mol. The largest absolute Gasteiger partial charge is 0.427 e. The third kappa shape index (κ3) is 4.88. The van der Waals surface area contributed by atoms with E-state index in [0.29, 0.717) is 11.5 Å². The van der Waals surface area contributed by atoms with Crippen molar-refractivity contribution < 1.29 is 23.6 Å². The van der Waals surface area contributed by atoms with E-state index in [1.54, 1.807) is 24.3 Å². The second-order valence-corrected chi connectivity index (χ2v) is 5.11. The minimum Gasteiger partial charge on any atom is -0.427 e. The zero-order chi connectivity index (χ0) is 16.8. The van der Waals surface area contributed by atoms with Gasteiger partial charge in [-0.15, -0.1) is 0 Å². The second kappa shape index (κ2) is 7.86. The Labute approximate surface area is 136 Å². The molecular formula is C17H17O5P. The van der Waals surface area contributed by atoms with Crippen molar-refractivity contribution in [1.29, 1.82) is 0 Å². The molecule has 0 spiro atoms. The van der Waals surface area contributed by atoms with E-state index >= 15 is 0 Å². The summed E-state index contributed by atoms with van der Waals surface area (Å²) in [5, 5.41) is 0. The molecule has 2 rings (SSSR count). The molecule has 0 aliphatic heterocycles. The van der Waals surface area contributed by atoms with E-state index in [2.05, 4.69) is 9.47 Å². The molecule has 0 amide bonds. The maximum atomic E-state index is 10.9. The van der Waals surface area contributed by atoms with Crippen molar-refractivity contribution >= 4 is 21.4 Å². The molecule has 6 heteroatoms. The molecule has 0 aliphatic carbocycles. The summed E-state index contributed by atoms with van der Waals surface area (Å²) >= 11 is 0. The van der Waals surface area contributed by atoms with Crippen molar-refractivity contribution in [3.05, 3.63) is 59.7 Å². The summed E-state index contributed by atoms with van der Waals surface area (Å²) in [4.78, 5) is 21.9. The van der Waals surface area contributed by atoms with E-state index in [1.807, 2.05) is 24.3 Å². The Hall–Kier alpha value is -2.23. The van der Waals surface area contributed by atoms with Gasteiger partial charge in [0, 0.05) is 23.3 Å².